The van der Waals surface area contributed by atoms with Crippen molar-refractivity contribution in [2.24, 2.45) is 0 Å². The fraction of sp³-hybridized carbons (Fsp3) is 0. The van der Waals surface area contributed by atoms with Crippen molar-refractivity contribution in [1.82, 2.24) is 9.78 Å². The van der Waals surface area contributed by atoms with Gasteiger partial charge in [-0.1, -0.05) is 59.1 Å². The summed E-state index contributed by atoms with van der Waals surface area (Å²) in [7, 11) is 0. The highest BCUT2D eigenvalue weighted by Gasteiger charge is 2.15. The zero-order chi connectivity index (χ0) is 22.0. The van der Waals surface area contributed by atoms with Gasteiger partial charge in [0.15, 0.2) is 0 Å². The van der Waals surface area contributed by atoms with Crippen LogP contribution in [0.15, 0.2) is 78.9 Å². The van der Waals surface area contributed by atoms with E-state index in [1.54, 1.807) is 53.2 Å². The molecule has 1 N–H and O–H groups in total. The number of rotatable bonds is 5. The maximum atomic E-state index is 11.9. The summed E-state index contributed by atoms with van der Waals surface area (Å²) in [4.78, 5) is 11.9. The van der Waals surface area contributed by atoms with E-state index in [1.807, 2.05) is 30.3 Å². The lowest BCUT2D eigenvalue weighted by atomic mass is 10.0. The van der Waals surface area contributed by atoms with Crippen LogP contribution in [0.2, 0.25) is 15.1 Å². The van der Waals surface area contributed by atoms with Gasteiger partial charge in [-0.2, -0.15) is 5.10 Å². The Balaban J connectivity index is 1.87. The Hall–Kier alpha value is -3.05. The van der Waals surface area contributed by atoms with E-state index in [0.717, 1.165) is 16.9 Å². The zero-order valence-corrected chi connectivity index (χ0v) is 18.2. The molecule has 31 heavy (non-hydrogen) atoms. The molecule has 0 saturated carbocycles. The number of carbonyl (C=O) groups is 1. The first-order valence-electron chi connectivity index (χ1n) is 9.23. The third kappa shape index (κ3) is 4.83. The summed E-state index contributed by atoms with van der Waals surface area (Å²) in [5.74, 6) is -1.07. The van der Waals surface area contributed by atoms with Gasteiger partial charge in [-0.25, -0.2) is 9.48 Å². The van der Waals surface area contributed by atoms with Crippen LogP contribution >= 0.6 is 34.8 Å². The van der Waals surface area contributed by atoms with Crippen molar-refractivity contribution in [3.63, 3.8) is 0 Å². The van der Waals surface area contributed by atoms with Gasteiger partial charge in [0, 0.05) is 20.6 Å². The molecule has 0 aliphatic rings. The summed E-state index contributed by atoms with van der Waals surface area (Å²) in [6, 6.07) is 23.1. The highest BCUT2D eigenvalue weighted by Crippen LogP contribution is 2.28. The van der Waals surface area contributed by atoms with Crippen LogP contribution < -0.4 is 0 Å². The van der Waals surface area contributed by atoms with Crippen molar-refractivity contribution in [1.29, 1.82) is 0 Å². The van der Waals surface area contributed by atoms with E-state index in [-0.39, 0.29) is 5.57 Å². The molecule has 0 bridgehead atoms. The Morgan fingerprint density at radius 2 is 1.48 bits per heavy atom. The quantitative estimate of drug-likeness (QED) is 0.316. The standard InChI is InChI=1S/C24H15Cl3N2O2/c25-17-6-4-15(5-7-17)23-14-20(28-29(23)21-10-8-18(26)9-11-21)13-22(24(30)31)16-2-1-3-19(27)12-16/h1-14H,(H,30,31)/b22-13-. The Labute approximate surface area is 193 Å². The van der Waals surface area contributed by atoms with Crippen LogP contribution in [0.25, 0.3) is 28.6 Å². The minimum absolute atomic E-state index is 0.0888. The van der Waals surface area contributed by atoms with Crippen molar-refractivity contribution in [2.45, 2.75) is 0 Å². The van der Waals surface area contributed by atoms with Crippen LogP contribution in [0.5, 0.6) is 0 Å². The molecule has 4 aromatic rings. The number of hydrogen-bond acceptors (Lipinski definition) is 2. The second-order valence-electron chi connectivity index (χ2n) is 6.72. The predicted molar refractivity (Wildman–Crippen MR) is 126 cm³/mol. The number of hydrogen-bond donors (Lipinski definition) is 1. The molecule has 1 aromatic heterocycles. The average molecular weight is 470 g/mol. The van der Waals surface area contributed by atoms with Crippen molar-refractivity contribution in [3.8, 4) is 16.9 Å². The van der Waals surface area contributed by atoms with Gasteiger partial charge in [-0.15, -0.1) is 0 Å². The lowest BCUT2D eigenvalue weighted by Crippen LogP contribution is -2.01. The number of carboxylic acid groups (broad SMARTS) is 1. The van der Waals surface area contributed by atoms with Gasteiger partial charge < -0.3 is 5.11 Å². The van der Waals surface area contributed by atoms with Gasteiger partial charge in [0.2, 0.25) is 0 Å². The number of nitrogens with zero attached hydrogens (tertiary/aromatic N) is 2. The van der Waals surface area contributed by atoms with E-state index in [2.05, 4.69) is 5.10 Å². The molecular formula is C24H15Cl3N2O2. The van der Waals surface area contributed by atoms with Crippen molar-refractivity contribution < 1.29 is 9.90 Å². The predicted octanol–water partition coefficient (Wildman–Crippen LogP) is 7.12. The minimum Gasteiger partial charge on any atom is -0.478 e. The van der Waals surface area contributed by atoms with Gasteiger partial charge in [-0.3, -0.25) is 0 Å². The smallest absolute Gasteiger partial charge is 0.336 e. The molecule has 1 heterocycles. The molecule has 0 amide bonds. The largest absolute Gasteiger partial charge is 0.478 e. The first-order valence-corrected chi connectivity index (χ1v) is 10.4. The van der Waals surface area contributed by atoms with Crippen molar-refractivity contribution >= 4 is 52.4 Å². The Morgan fingerprint density at radius 3 is 2.10 bits per heavy atom. The van der Waals surface area contributed by atoms with E-state index in [4.69, 9.17) is 34.8 Å². The number of halogens is 3. The lowest BCUT2D eigenvalue weighted by molar-refractivity contribution is -0.130. The first kappa shape index (κ1) is 21.2. The highest BCUT2D eigenvalue weighted by molar-refractivity contribution is 6.31. The topological polar surface area (TPSA) is 55.1 Å². The molecule has 0 saturated heterocycles. The lowest BCUT2D eigenvalue weighted by Gasteiger charge is -2.08. The highest BCUT2D eigenvalue weighted by atomic mass is 35.5. The molecule has 154 valence electrons. The molecule has 0 atom stereocenters. The first-order chi connectivity index (χ1) is 14.9. The molecule has 0 radical (unpaired) electrons. The van der Waals surface area contributed by atoms with Crippen LogP contribution in [0, 0.1) is 0 Å². The van der Waals surface area contributed by atoms with Gasteiger partial charge >= 0.3 is 5.97 Å². The summed E-state index contributed by atoms with van der Waals surface area (Å²) >= 11 is 18.1. The molecule has 7 heteroatoms. The van der Waals surface area contributed by atoms with Crippen LogP contribution in [-0.2, 0) is 4.79 Å². The van der Waals surface area contributed by atoms with E-state index >= 15 is 0 Å². The summed E-state index contributed by atoms with van der Waals surface area (Å²) in [6.07, 6.45) is 1.53. The summed E-state index contributed by atoms with van der Waals surface area (Å²) in [5, 5.41) is 16.1. The molecule has 0 fully saturated rings. The van der Waals surface area contributed by atoms with E-state index in [0.29, 0.717) is 26.3 Å². The fourth-order valence-corrected chi connectivity index (χ4v) is 3.59. The summed E-state index contributed by atoms with van der Waals surface area (Å²) in [5.41, 5.74) is 3.51. The molecule has 0 aliphatic heterocycles. The van der Waals surface area contributed by atoms with Crippen LogP contribution in [0.3, 0.4) is 0 Å². The Morgan fingerprint density at radius 1 is 0.839 bits per heavy atom. The monoisotopic (exact) mass is 468 g/mol. The van der Waals surface area contributed by atoms with Gasteiger partial charge in [-0.05, 0) is 66.2 Å². The number of aliphatic carboxylic acids is 1. The van der Waals surface area contributed by atoms with Crippen LogP contribution in [-0.4, -0.2) is 20.9 Å². The zero-order valence-electron chi connectivity index (χ0n) is 16.0. The van der Waals surface area contributed by atoms with E-state index in [1.165, 1.54) is 6.08 Å². The van der Waals surface area contributed by atoms with Crippen molar-refractivity contribution in [3.05, 3.63) is 105 Å². The molecule has 0 aliphatic carbocycles. The van der Waals surface area contributed by atoms with Crippen molar-refractivity contribution in [2.75, 3.05) is 0 Å². The van der Waals surface area contributed by atoms with Gasteiger partial charge in [0.25, 0.3) is 0 Å². The SMILES string of the molecule is O=C(O)/C(=C\c1cc(-c2ccc(Cl)cc2)n(-c2ccc(Cl)cc2)n1)c1cccc(Cl)c1. The maximum absolute atomic E-state index is 11.9. The van der Waals surface area contributed by atoms with Gasteiger partial charge in [0.05, 0.1) is 22.6 Å². The Bertz CT molecular complexity index is 1210. The molecule has 3 aromatic carbocycles. The molecule has 4 rings (SSSR count). The number of aromatic nitrogens is 2. The van der Waals surface area contributed by atoms with Crippen LogP contribution in [0.4, 0.5) is 0 Å². The van der Waals surface area contributed by atoms with Gasteiger partial charge in [0.1, 0.15) is 0 Å². The number of carboxylic acids is 1. The molecular weight excluding hydrogens is 455 g/mol. The van der Waals surface area contributed by atoms with E-state index < -0.39 is 5.97 Å². The average Bonchev–Trinajstić information content (AvgIpc) is 3.17. The molecule has 0 spiro atoms. The molecule has 0 unspecified atom stereocenters. The third-order valence-corrected chi connectivity index (χ3v) is 5.34. The third-order valence-electron chi connectivity index (χ3n) is 4.60. The fourth-order valence-electron chi connectivity index (χ4n) is 3.15. The van der Waals surface area contributed by atoms with Crippen LogP contribution in [0.1, 0.15) is 11.3 Å². The Kier molecular flexibility index (Phi) is 6.14. The minimum atomic E-state index is -1.07. The van der Waals surface area contributed by atoms with E-state index in [9.17, 15) is 9.90 Å². The summed E-state index contributed by atoms with van der Waals surface area (Å²) in [6.45, 7) is 0. The second-order valence-corrected chi connectivity index (χ2v) is 8.03. The second kappa shape index (κ2) is 8.98. The normalized spacial score (nSPS) is 11.5. The maximum Gasteiger partial charge on any atom is 0.336 e. The summed E-state index contributed by atoms with van der Waals surface area (Å²) < 4.78 is 1.74. The molecule has 4 nitrogen and oxygen atoms in total. The number of benzene rings is 3.